The maximum absolute atomic E-state index is 13.9. The highest BCUT2D eigenvalue weighted by Crippen LogP contribution is 2.22. The van der Waals surface area contributed by atoms with E-state index < -0.39 is 39.7 Å². The van der Waals surface area contributed by atoms with Crippen molar-refractivity contribution in [1.82, 2.24) is 14.6 Å². The van der Waals surface area contributed by atoms with Crippen molar-refractivity contribution >= 4 is 26.8 Å². The van der Waals surface area contributed by atoms with Gasteiger partial charge in [-0.3, -0.25) is 4.79 Å². The molecule has 3 aromatic carbocycles. The fourth-order valence-corrected chi connectivity index (χ4v) is 5.41. The number of aliphatic hydroxyl groups is 1. The van der Waals surface area contributed by atoms with Crippen LogP contribution in [0.5, 0.6) is 0 Å². The van der Waals surface area contributed by atoms with Gasteiger partial charge in [-0.05, 0) is 59.9 Å². The first-order valence-electron chi connectivity index (χ1n) is 12.6. The van der Waals surface area contributed by atoms with Crippen LogP contribution >= 0.6 is 0 Å². The van der Waals surface area contributed by atoms with Crippen LogP contribution < -0.4 is 10.6 Å². The summed E-state index contributed by atoms with van der Waals surface area (Å²) < 4.78 is 53.1. The van der Waals surface area contributed by atoms with Gasteiger partial charge in [0, 0.05) is 36.3 Å². The molecule has 4 aromatic rings. The molecule has 1 amide bonds. The number of hydrogen-bond donors (Lipinski definition) is 3. The number of carbonyl (C=O) groups excluding carboxylic acids is 1. The summed E-state index contributed by atoms with van der Waals surface area (Å²) >= 11 is 0. The molecule has 0 radical (unpaired) electrons. The van der Waals surface area contributed by atoms with E-state index in [0.29, 0.717) is 17.4 Å². The predicted octanol–water partition coefficient (Wildman–Crippen LogP) is 3.78. The Morgan fingerprint density at radius 1 is 0.974 bits per heavy atom. The highest BCUT2D eigenvalue weighted by atomic mass is 32.2. The molecule has 206 valence electrons. The molecule has 4 rings (SSSR count). The number of aryl methyl sites for hydroxylation is 1. The summed E-state index contributed by atoms with van der Waals surface area (Å²) in [6.07, 6.45) is 2.20. The van der Waals surface area contributed by atoms with E-state index in [9.17, 15) is 27.1 Å². The van der Waals surface area contributed by atoms with Gasteiger partial charge in [-0.2, -0.15) is 0 Å². The second-order valence-electron chi connectivity index (χ2n) is 9.55. The second-order valence-corrected chi connectivity index (χ2v) is 11.4. The van der Waals surface area contributed by atoms with Crippen LogP contribution in [0.25, 0.3) is 10.9 Å². The molecule has 0 fully saturated rings. The largest absolute Gasteiger partial charge is 0.390 e. The van der Waals surface area contributed by atoms with E-state index in [1.165, 1.54) is 17.8 Å². The van der Waals surface area contributed by atoms with Gasteiger partial charge in [0.05, 0.1) is 23.9 Å². The SMILES string of the molecule is CCc1cccc(CNC[C@@H](O)[C@H](Cc2cc(F)cc(F)c2)NC(=O)c2cccc3c2ccn3S(C)(=O)=O)c1. The van der Waals surface area contributed by atoms with Crippen LogP contribution in [0.2, 0.25) is 0 Å². The molecule has 0 spiro atoms. The van der Waals surface area contributed by atoms with Crippen molar-refractivity contribution in [2.75, 3.05) is 12.8 Å². The molecule has 0 saturated carbocycles. The van der Waals surface area contributed by atoms with Gasteiger partial charge in [0.15, 0.2) is 0 Å². The number of halogens is 2. The molecule has 3 N–H and O–H groups in total. The number of aliphatic hydroxyl groups excluding tert-OH is 1. The molecule has 0 aliphatic rings. The molecule has 1 heterocycles. The van der Waals surface area contributed by atoms with Gasteiger partial charge in [-0.1, -0.05) is 37.3 Å². The zero-order valence-electron chi connectivity index (χ0n) is 21.7. The lowest BCUT2D eigenvalue weighted by atomic mass is 9.99. The molecule has 39 heavy (non-hydrogen) atoms. The van der Waals surface area contributed by atoms with Gasteiger partial charge in [-0.15, -0.1) is 0 Å². The van der Waals surface area contributed by atoms with Crippen LogP contribution in [-0.2, 0) is 29.4 Å². The second kappa shape index (κ2) is 12.1. The number of rotatable bonds is 11. The molecular formula is C29H31F2N3O4S. The highest BCUT2D eigenvalue weighted by molar-refractivity contribution is 7.89. The van der Waals surface area contributed by atoms with Gasteiger partial charge < -0.3 is 15.7 Å². The number of nitrogens with zero attached hydrogens (tertiary/aromatic N) is 1. The average Bonchev–Trinajstić information content (AvgIpc) is 3.33. The topological polar surface area (TPSA) is 100 Å². The van der Waals surface area contributed by atoms with E-state index in [-0.39, 0.29) is 24.1 Å². The third-order valence-electron chi connectivity index (χ3n) is 6.54. The minimum Gasteiger partial charge on any atom is -0.390 e. The van der Waals surface area contributed by atoms with Gasteiger partial charge in [0.1, 0.15) is 11.6 Å². The number of carbonyl (C=O) groups is 1. The lowest BCUT2D eigenvalue weighted by Gasteiger charge is -2.25. The number of aromatic nitrogens is 1. The Labute approximate surface area is 226 Å². The monoisotopic (exact) mass is 555 g/mol. The molecule has 0 aliphatic carbocycles. The third kappa shape index (κ3) is 7.08. The molecule has 0 bridgehead atoms. The molecule has 0 unspecified atom stereocenters. The van der Waals surface area contributed by atoms with Crippen molar-refractivity contribution in [1.29, 1.82) is 0 Å². The van der Waals surface area contributed by atoms with Crippen molar-refractivity contribution in [3.8, 4) is 0 Å². The number of amides is 1. The van der Waals surface area contributed by atoms with Crippen molar-refractivity contribution < 1.29 is 27.1 Å². The molecule has 0 aliphatic heterocycles. The smallest absolute Gasteiger partial charge is 0.252 e. The molecule has 0 saturated heterocycles. The van der Waals surface area contributed by atoms with E-state index in [2.05, 4.69) is 23.6 Å². The minimum absolute atomic E-state index is 0.0328. The van der Waals surface area contributed by atoms with Crippen molar-refractivity contribution in [3.05, 3.63) is 107 Å². The Bertz CT molecular complexity index is 1570. The van der Waals surface area contributed by atoms with Crippen molar-refractivity contribution in [3.63, 3.8) is 0 Å². The van der Waals surface area contributed by atoms with E-state index >= 15 is 0 Å². The first-order chi connectivity index (χ1) is 18.5. The van der Waals surface area contributed by atoms with Gasteiger partial charge in [0.25, 0.3) is 5.91 Å². The minimum atomic E-state index is -3.59. The van der Waals surface area contributed by atoms with Crippen LogP contribution in [0.1, 0.15) is 34.0 Å². The number of hydrogen-bond acceptors (Lipinski definition) is 5. The van der Waals surface area contributed by atoms with Crippen LogP contribution in [0.15, 0.2) is 72.9 Å². The molecule has 2 atom stereocenters. The molecule has 10 heteroatoms. The summed E-state index contributed by atoms with van der Waals surface area (Å²) in [6, 6.07) is 16.4. The Kier molecular flexibility index (Phi) is 8.79. The fourth-order valence-electron chi connectivity index (χ4n) is 4.61. The maximum Gasteiger partial charge on any atom is 0.252 e. The van der Waals surface area contributed by atoms with E-state index in [1.807, 2.05) is 18.2 Å². The van der Waals surface area contributed by atoms with E-state index in [0.717, 1.165) is 40.4 Å². The number of nitrogens with one attached hydrogen (secondary N) is 2. The standard InChI is InChI=1S/C29H31F2N3O4S/c1-3-19-6-4-7-20(12-19)17-32-18-28(35)26(15-21-13-22(30)16-23(31)14-21)33-29(36)25-8-5-9-27-24(25)10-11-34(27)39(2,37)38/h4-14,16,26,28,32,35H,3,15,17-18H2,1-2H3,(H,33,36)/t26-,28+/m0/s1. The van der Waals surface area contributed by atoms with Crippen LogP contribution in [0, 0.1) is 11.6 Å². The number of benzene rings is 3. The van der Waals surface area contributed by atoms with E-state index in [1.54, 1.807) is 18.2 Å². The summed E-state index contributed by atoms with van der Waals surface area (Å²) in [5.41, 5.74) is 3.05. The van der Waals surface area contributed by atoms with Crippen LogP contribution in [0.4, 0.5) is 8.78 Å². The number of fused-ring (bicyclic) bond motifs is 1. The van der Waals surface area contributed by atoms with Crippen molar-refractivity contribution in [2.45, 2.75) is 38.5 Å². The highest BCUT2D eigenvalue weighted by Gasteiger charge is 2.24. The fraction of sp³-hybridized carbons (Fsp3) is 0.276. The first kappa shape index (κ1) is 28.4. The molecular weight excluding hydrogens is 524 g/mol. The lowest BCUT2D eigenvalue weighted by Crippen LogP contribution is -2.48. The Hall–Kier alpha value is -3.60. The lowest BCUT2D eigenvalue weighted by molar-refractivity contribution is 0.0831. The zero-order chi connectivity index (χ0) is 28.2. The Balaban J connectivity index is 1.55. The summed E-state index contributed by atoms with van der Waals surface area (Å²) in [5.74, 6) is -2.07. The summed E-state index contributed by atoms with van der Waals surface area (Å²) in [6.45, 7) is 2.65. The first-order valence-corrected chi connectivity index (χ1v) is 14.4. The summed E-state index contributed by atoms with van der Waals surface area (Å²) in [7, 11) is -3.59. The summed E-state index contributed by atoms with van der Waals surface area (Å²) in [5, 5.41) is 17.5. The normalized spacial score (nSPS) is 13.4. The zero-order valence-corrected chi connectivity index (χ0v) is 22.5. The quantitative estimate of drug-likeness (QED) is 0.262. The molecule has 7 nitrogen and oxygen atoms in total. The van der Waals surface area contributed by atoms with Gasteiger partial charge >= 0.3 is 0 Å². The summed E-state index contributed by atoms with van der Waals surface area (Å²) in [4.78, 5) is 13.4. The molecule has 1 aromatic heterocycles. The van der Waals surface area contributed by atoms with Crippen LogP contribution in [0.3, 0.4) is 0 Å². The third-order valence-corrected chi connectivity index (χ3v) is 7.57. The van der Waals surface area contributed by atoms with Gasteiger partial charge in [0.2, 0.25) is 10.0 Å². The van der Waals surface area contributed by atoms with Crippen molar-refractivity contribution in [2.24, 2.45) is 0 Å². The maximum atomic E-state index is 13.9. The Morgan fingerprint density at radius 2 is 1.67 bits per heavy atom. The predicted molar refractivity (Wildman–Crippen MR) is 147 cm³/mol. The van der Waals surface area contributed by atoms with Gasteiger partial charge in [-0.25, -0.2) is 21.2 Å². The average molecular weight is 556 g/mol. The van der Waals surface area contributed by atoms with E-state index in [4.69, 9.17) is 0 Å². The van der Waals surface area contributed by atoms with Crippen LogP contribution in [-0.4, -0.2) is 48.4 Å². The Morgan fingerprint density at radius 3 is 2.36 bits per heavy atom.